The van der Waals surface area contributed by atoms with Crippen LogP contribution in [-0.4, -0.2) is 34.0 Å². The lowest BCUT2D eigenvalue weighted by Crippen LogP contribution is -2.23. The van der Waals surface area contributed by atoms with Gasteiger partial charge in [0.2, 0.25) is 0 Å². The third kappa shape index (κ3) is 3.30. The number of nitro benzene ring substituents is 1. The Hall–Kier alpha value is -1.47. The van der Waals surface area contributed by atoms with E-state index in [-0.39, 0.29) is 11.6 Å². The van der Waals surface area contributed by atoms with E-state index < -0.39 is 10.9 Å². The largest absolute Gasteiger partial charge is 0.481 e. The number of carbonyl (C=O) groups is 1. The first-order valence-corrected chi connectivity index (χ1v) is 6.64. The van der Waals surface area contributed by atoms with Gasteiger partial charge in [0, 0.05) is 29.7 Å². The van der Waals surface area contributed by atoms with Crippen LogP contribution in [0.2, 0.25) is 0 Å². The predicted octanol–water partition coefficient (Wildman–Crippen LogP) is 2.26. The SMILES string of the molecule is O=C(O)C1CCN(Cc2ccc([N+](=O)[O-])cc2Br)C1. The molecule has 1 unspecified atom stereocenters. The van der Waals surface area contributed by atoms with Crippen molar-refractivity contribution in [3.8, 4) is 0 Å². The van der Waals surface area contributed by atoms with Crippen LogP contribution in [-0.2, 0) is 11.3 Å². The first-order chi connectivity index (χ1) is 8.97. The second-order valence-corrected chi connectivity index (χ2v) is 5.45. The van der Waals surface area contributed by atoms with E-state index in [0.29, 0.717) is 24.0 Å². The molecule has 1 N–H and O–H groups in total. The average molecular weight is 329 g/mol. The smallest absolute Gasteiger partial charge is 0.307 e. The Labute approximate surface area is 118 Å². The van der Waals surface area contributed by atoms with Gasteiger partial charge in [0.15, 0.2) is 0 Å². The quantitative estimate of drug-likeness (QED) is 0.677. The maximum atomic E-state index is 10.9. The summed E-state index contributed by atoms with van der Waals surface area (Å²) < 4.78 is 0.681. The van der Waals surface area contributed by atoms with Gasteiger partial charge in [0.05, 0.1) is 10.8 Å². The molecule has 102 valence electrons. The minimum atomic E-state index is -0.759. The molecule has 0 bridgehead atoms. The molecule has 1 atom stereocenters. The van der Waals surface area contributed by atoms with Crippen molar-refractivity contribution < 1.29 is 14.8 Å². The molecule has 0 amide bonds. The van der Waals surface area contributed by atoms with Gasteiger partial charge in [-0.2, -0.15) is 0 Å². The molecule has 6 nitrogen and oxygen atoms in total. The molecule has 1 aromatic rings. The second kappa shape index (κ2) is 5.66. The Balaban J connectivity index is 2.04. The number of hydrogen-bond donors (Lipinski definition) is 1. The van der Waals surface area contributed by atoms with Gasteiger partial charge in [0.25, 0.3) is 5.69 Å². The Kier molecular flexibility index (Phi) is 4.16. The van der Waals surface area contributed by atoms with Crippen LogP contribution in [0.15, 0.2) is 22.7 Å². The van der Waals surface area contributed by atoms with Crippen molar-refractivity contribution in [2.75, 3.05) is 13.1 Å². The van der Waals surface area contributed by atoms with E-state index in [4.69, 9.17) is 5.11 Å². The van der Waals surface area contributed by atoms with E-state index >= 15 is 0 Å². The van der Waals surface area contributed by atoms with Gasteiger partial charge < -0.3 is 5.11 Å². The van der Waals surface area contributed by atoms with Crippen LogP contribution in [0, 0.1) is 16.0 Å². The highest BCUT2D eigenvalue weighted by atomic mass is 79.9. The van der Waals surface area contributed by atoms with E-state index in [1.54, 1.807) is 6.07 Å². The van der Waals surface area contributed by atoms with Crippen molar-refractivity contribution in [1.29, 1.82) is 0 Å². The second-order valence-electron chi connectivity index (χ2n) is 4.59. The molecule has 2 rings (SSSR count). The molecule has 0 spiro atoms. The van der Waals surface area contributed by atoms with Crippen LogP contribution in [0.5, 0.6) is 0 Å². The third-order valence-electron chi connectivity index (χ3n) is 3.26. The zero-order valence-electron chi connectivity index (χ0n) is 10.1. The molecular weight excluding hydrogens is 316 g/mol. The monoisotopic (exact) mass is 328 g/mol. The van der Waals surface area contributed by atoms with Gasteiger partial charge in [0.1, 0.15) is 0 Å². The van der Waals surface area contributed by atoms with Crippen LogP contribution >= 0.6 is 15.9 Å². The van der Waals surface area contributed by atoms with Crippen molar-refractivity contribution in [2.24, 2.45) is 5.92 Å². The van der Waals surface area contributed by atoms with Crippen LogP contribution in [0.4, 0.5) is 5.69 Å². The first-order valence-electron chi connectivity index (χ1n) is 5.85. The van der Waals surface area contributed by atoms with Crippen molar-refractivity contribution >= 4 is 27.6 Å². The fourth-order valence-electron chi connectivity index (χ4n) is 2.20. The molecule has 0 radical (unpaired) electrons. The van der Waals surface area contributed by atoms with Gasteiger partial charge >= 0.3 is 5.97 Å². The van der Waals surface area contributed by atoms with Crippen molar-refractivity contribution in [3.63, 3.8) is 0 Å². The minimum absolute atomic E-state index is 0.0421. The number of halogens is 1. The number of carboxylic acids is 1. The molecule has 1 aliphatic heterocycles. The fourth-order valence-corrected chi connectivity index (χ4v) is 2.69. The molecule has 19 heavy (non-hydrogen) atoms. The summed E-state index contributed by atoms with van der Waals surface area (Å²) in [5.74, 6) is -1.07. The maximum Gasteiger partial charge on any atom is 0.307 e. The molecule has 1 aliphatic rings. The molecule has 0 saturated carbocycles. The third-order valence-corrected chi connectivity index (χ3v) is 4.00. The summed E-state index contributed by atoms with van der Waals surface area (Å²) in [5.41, 5.74) is 0.970. The molecule has 1 heterocycles. The molecule has 7 heteroatoms. The summed E-state index contributed by atoms with van der Waals surface area (Å²) in [6.45, 7) is 1.86. The number of non-ortho nitro benzene ring substituents is 1. The van der Waals surface area contributed by atoms with Crippen molar-refractivity contribution in [3.05, 3.63) is 38.3 Å². The average Bonchev–Trinajstić information content (AvgIpc) is 2.80. The normalized spacial score (nSPS) is 19.5. The summed E-state index contributed by atoms with van der Waals surface area (Å²) in [6.07, 6.45) is 0.653. The lowest BCUT2D eigenvalue weighted by atomic mass is 10.1. The predicted molar refractivity (Wildman–Crippen MR) is 71.8 cm³/mol. The van der Waals surface area contributed by atoms with Gasteiger partial charge in [-0.05, 0) is 24.6 Å². The summed E-state index contributed by atoms with van der Waals surface area (Å²) in [4.78, 5) is 23.1. The highest BCUT2D eigenvalue weighted by Crippen LogP contribution is 2.26. The standard InChI is InChI=1S/C12H13BrN2O4/c13-11-5-10(15(18)19)2-1-8(11)6-14-4-3-9(7-14)12(16)17/h1-2,5,9H,3-4,6-7H2,(H,16,17). The number of nitro groups is 1. The highest BCUT2D eigenvalue weighted by molar-refractivity contribution is 9.10. The summed E-state index contributed by atoms with van der Waals surface area (Å²) in [6, 6.07) is 4.64. The van der Waals surface area contributed by atoms with Crippen molar-refractivity contribution in [1.82, 2.24) is 4.90 Å². The number of aliphatic carboxylic acids is 1. The Morgan fingerprint density at radius 3 is 2.84 bits per heavy atom. The summed E-state index contributed by atoms with van der Waals surface area (Å²) >= 11 is 3.32. The van der Waals surface area contributed by atoms with E-state index in [1.165, 1.54) is 12.1 Å². The number of nitrogens with zero attached hydrogens (tertiary/aromatic N) is 2. The zero-order valence-corrected chi connectivity index (χ0v) is 11.7. The Bertz CT molecular complexity index is 520. The minimum Gasteiger partial charge on any atom is -0.481 e. The lowest BCUT2D eigenvalue weighted by Gasteiger charge is -2.16. The molecule has 1 saturated heterocycles. The molecule has 0 aromatic heterocycles. The van der Waals surface area contributed by atoms with Gasteiger partial charge in [-0.15, -0.1) is 0 Å². The summed E-state index contributed by atoms with van der Waals surface area (Å²) in [5, 5.41) is 19.6. The first kappa shape index (κ1) is 14.0. The van der Waals surface area contributed by atoms with E-state index in [9.17, 15) is 14.9 Å². The van der Waals surface area contributed by atoms with E-state index in [2.05, 4.69) is 15.9 Å². The molecule has 1 aromatic carbocycles. The Morgan fingerprint density at radius 2 is 2.32 bits per heavy atom. The number of rotatable bonds is 4. The molecule has 1 fully saturated rings. The molecular formula is C12H13BrN2O4. The maximum absolute atomic E-state index is 10.9. The zero-order chi connectivity index (χ0) is 14.0. The van der Waals surface area contributed by atoms with Crippen LogP contribution in [0.25, 0.3) is 0 Å². The van der Waals surface area contributed by atoms with E-state index in [0.717, 1.165) is 12.1 Å². The lowest BCUT2D eigenvalue weighted by molar-refractivity contribution is -0.384. The number of hydrogen-bond acceptors (Lipinski definition) is 4. The highest BCUT2D eigenvalue weighted by Gasteiger charge is 2.28. The van der Waals surface area contributed by atoms with Gasteiger partial charge in [-0.3, -0.25) is 19.8 Å². The van der Waals surface area contributed by atoms with Crippen molar-refractivity contribution in [2.45, 2.75) is 13.0 Å². The topological polar surface area (TPSA) is 83.7 Å². The fraction of sp³-hybridized carbons (Fsp3) is 0.417. The number of carboxylic acid groups (broad SMARTS) is 1. The van der Waals surface area contributed by atoms with Gasteiger partial charge in [-0.25, -0.2) is 0 Å². The van der Waals surface area contributed by atoms with Crippen LogP contribution < -0.4 is 0 Å². The van der Waals surface area contributed by atoms with Crippen LogP contribution in [0.3, 0.4) is 0 Å². The number of benzene rings is 1. The van der Waals surface area contributed by atoms with E-state index in [1.807, 2.05) is 4.90 Å². The van der Waals surface area contributed by atoms with Gasteiger partial charge in [-0.1, -0.05) is 15.9 Å². The van der Waals surface area contributed by atoms with Crippen LogP contribution in [0.1, 0.15) is 12.0 Å². The molecule has 0 aliphatic carbocycles. The summed E-state index contributed by atoms with van der Waals surface area (Å²) in [7, 11) is 0. The number of likely N-dealkylation sites (tertiary alicyclic amines) is 1. The Morgan fingerprint density at radius 1 is 1.58 bits per heavy atom.